The third kappa shape index (κ3) is 2.71. The SMILES string of the molecule is Fc1[c-]ccc(F)c1.[2H][Pt+]. The van der Waals surface area contributed by atoms with Crippen LogP contribution >= 0.6 is 0 Å². The van der Waals surface area contributed by atoms with Crippen LogP contribution in [0, 0.1) is 17.7 Å². The Morgan fingerprint density at radius 2 is 2.22 bits per heavy atom. The van der Waals surface area contributed by atoms with Crippen LogP contribution in [0.3, 0.4) is 0 Å². The molecule has 0 amide bonds. The Morgan fingerprint density at radius 3 is 2.56 bits per heavy atom. The molecule has 3 heteroatoms. The van der Waals surface area contributed by atoms with Gasteiger partial charge in [0.15, 0.2) is 0 Å². The Kier molecular flexibility index (Phi) is 2.85. The molecule has 0 N–H and O–H groups in total. The molecule has 0 aliphatic carbocycles. The molecule has 1 aromatic carbocycles. The van der Waals surface area contributed by atoms with Gasteiger partial charge in [-0.2, -0.15) is 6.07 Å². The maximum atomic E-state index is 11.9. The summed E-state index contributed by atoms with van der Waals surface area (Å²) in [6, 6.07) is 5.28. The summed E-state index contributed by atoms with van der Waals surface area (Å²) in [5.74, 6) is -1.23. The Hall–Kier alpha value is -0.232. The predicted octanol–water partition coefficient (Wildman–Crippen LogP) is 1.49. The average molecular weight is 310 g/mol. The number of hydrogen-bond donors (Lipinski definition) is 0. The van der Waals surface area contributed by atoms with Crippen LogP contribution in [-0.4, -0.2) is 0.749 Å². The van der Waals surface area contributed by atoms with Crippen LogP contribution in [-0.2, 0) is 20.9 Å². The normalized spacial score (nSPS) is 9.11. The van der Waals surface area contributed by atoms with Crippen molar-refractivity contribution < 1.29 is 29.7 Å². The van der Waals surface area contributed by atoms with Gasteiger partial charge in [-0.15, -0.1) is 18.2 Å². The minimum atomic E-state index is -0.662. The summed E-state index contributed by atoms with van der Waals surface area (Å²) in [6.07, 6.45) is 0. The van der Waals surface area contributed by atoms with Crippen molar-refractivity contribution in [2.75, 3.05) is 0 Å². The summed E-state index contributed by atoms with van der Waals surface area (Å²) in [6.45, 7) is 0. The van der Waals surface area contributed by atoms with E-state index in [1.807, 2.05) is 0 Å². The molecule has 1 rings (SSSR count). The van der Waals surface area contributed by atoms with Gasteiger partial charge >= 0.3 is 21.6 Å². The molecular weight excluding hydrogens is 305 g/mol. The molecule has 0 aliphatic rings. The molecule has 0 atom stereocenters. The first-order chi connectivity index (χ1) is 4.79. The molecule has 0 fully saturated rings. The van der Waals surface area contributed by atoms with Gasteiger partial charge in [-0.05, 0) is 0 Å². The Labute approximate surface area is 66.8 Å². The van der Waals surface area contributed by atoms with E-state index in [1.165, 1.54) is 27.0 Å². The van der Waals surface area contributed by atoms with Crippen molar-refractivity contribution in [2.45, 2.75) is 0 Å². The fourth-order valence-corrected chi connectivity index (χ4v) is 0.412. The number of rotatable bonds is 0. The molecule has 0 aliphatic heterocycles. The van der Waals surface area contributed by atoms with E-state index in [0.717, 1.165) is 12.1 Å². The molecule has 0 radical (unpaired) electrons. The summed E-state index contributed by atoms with van der Waals surface area (Å²) in [5.41, 5.74) is 0. The molecule has 0 nitrogen and oxygen atoms in total. The third-order valence-electron chi connectivity index (χ3n) is 0.728. The van der Waals surface area contributed by atoms with Gasteiger partial charge in [0.05, 0.1) is 0 Å². The van der Waals surface area contributed by atoms with Crippen molar-refractivity contribution in [3.63, 3.8) is 0 Å². The summed E-state index contributed by atoms with van der Waals surface area (Å²) in [4.78, 5) is 0. The van der Waals surface area contributed by atoms with Gasteiger partial charge in [0.25, 0.3) is 0 Å². The zero-order valence-electron chi connectivity index (χ0n) is 5.30. The van der Waals surface area contributed by atoms with Gasteiger partial charge in [-0.25, -0.2) is 8.78 Å². The first-order valence-electron chi connectivity index (χ1n) is 2.43. The number of hydrogen-bond acceptors (Lipinski definition) is 0. The monoisotopic (exact) mass is 310 g/mol. The van der Waals surface area contributed by atoms with E-state index in [0.29, 0.717) is 0 Å². The topological polar surface area (TPSA) is 0 Å². The molecule has 0 spiro atoms. The average Bonchev–Trinajstić information content (AvgIpc) is 1.91. The fourth-order valence-electron chi connectivity index (χ4n) is 0.412. The van der Waals surface area contributed by atoms with E-state index >= 15 is 0 Å². The van der Waals surface area contributed by atoms with Crippen molar-refractivity contribution in [2.24, 2.45) is 0 Å². The third-order valence-corrected chi connectivity index (χ3v) is 0.728. The minimum absolute atomic E-state index is 0.568. The van der Waals surface area contributed by atoms with E-state index in [-0.39, 0.29) is 0 Å². The summed E-state index contributed by atoms with van der Waals surface area (Å²) < 4.78 is 29.5. The van der Waals surface area contributed by atoms with Crippen molar-refractivity contribution in [3.8, 4) is 0 Å². The molecule has 1 aromatic rings. The molecule has 0 aromatic heterocycles. The van der Waals surface area contributed by atoms with Crippen LogP contribution in [0.5, 0.6) is 0 Å². The quantitative estimate of drug-likeness (QED) is 0.637. The molecule has 0 unspecified atom stereocenters. The Balaban J connectivity index is 0.000000371. The van der Waals surface area contributed by atoms with Gasteiger partial charge in [0.1, 0.15) is 0 Å². The zero-order chi connectivity index (χ0) is 7.98. The number of halogens is 2. The second-order valence-electron chi connectivity index (χ2n) is 1.35. The van der Waals surface area contributed by atoms with Gasteiger partial charge in [0, 0.05) is 11.6 Å². The molecular formula is C6H4F2Pt. The summed E-state index contributed by atoms with van der Waals surface area (Å²) >= 11 is 1.39. The van der Waals surface area contributed by atoms with E-state index in [9.17, 15) is 8.78 Å². The molecule has 52 valence electrons. The van der Waals surface area contributed by atoms with Crippen LogP contribution in [0.2, 0.25) is 0 Å². The zero-order valence-corrected chi connectivity index (χ0v) is 6.58. The number of benzene rings is 1. The second-order valence-corrected chi connectivity index (χ2v) is 1.35. The van der Waals surface area contributed by atoms with Crippen molar-refractivity contribution >= 4 is 0 Å². The summed E-state index contributed by atoms with van der Waals surface area (Å²) in [7, 11) is 0. The van der Waals surface area contributed by atoms with Crippen molar-refractivity contribution in [1.29, 1.82) is 0.749 Å². The van der Waals surface area contributed by atoms with Crippen LogP contribution in [0.25, 0.3) is 0 Å². The Morgan fingerprint density at radius 1 is 1.56 bits per heavy atom. The summed E-state index contributed by atoms with van der Waals surface area (Å²) in [5, 5.41) is 0. The van der Waals surface area contributed by atoms with Crippen molar-refractivity contribution in [3.05, 3.63) is 35.9 Å². The van der Waals surface area contributed by atoms with E-state index < -0.39 is 11.6 Å². The van der Waals surface area contributed by atoms with E-state index in [2.05, 4.69) is 6.07 Å². The molecule has 0 saturated heterocycles. The Bertz CT molecular complexity index is 176. The first-order valence-corrected chi connectivity index (χ1v) is 2.12. The fraction of sp³-hybridized carbons (Fsp3) is 0. The molecule has 0 bridgehead atoms. The van der Waals surface area contributed by atoms with E-state index in [4.69, 9.17) is 0.749 Å². The van der Waals surface area contributed by atoms with Crippen LogP contribution < -0.4 is 0 Å². The second kappa shape index (κ2) is 3.73. The molecule has 9 heavy (non-hydrogen) atoms. The maximum absolute atomic E-state index is 11.9. The van der Waals surface area contributed by atoms with Crippen LogP contribution in [0.1, 0.15) is 0 Å². The van der Waals surface area contributed by atoms with Crippen LogP contribution in [0.15, 0.2) is 18.2 Å². The van der Waals surface area contributed by atoms with E-state index in [1.54, 1.807) is 0 Å². The first kappa shape index (κ1) is 6.88. The predicted molar refractivity (Wildman–Crippen MR) is 26.6 cm³/mol. The van der Waals surface area contributed by atoms with Gasteiger partial charge in [0.2, 0.25) is 0 Å². The van der Waals surface area contributed by atoms with Crippen molar-refractivity contribution in [1.82, 2.24) is 0 Å². The van der Waals surface area contributed by atoms with Gasteiger partial charge < -0.3 is 0 Å². The molecule has 0 heterocycles. The molecule has 0 saturated carbocycles. The van der Waals surface area contributed by atoms with Crippen LogP contribution in [0.4, 0.5) is 8.78 Å². The van der Waals surface area contributed by atoms with Gasteiger partial charge in [-0.1, -0.05) is 0 Å². The van der Waals surface area contributed by atoms with Gasteiger partial charge in [-0.3, -0.25) is 0 Å². The standard InChI is InChI=1S/C6H3F2.Pt.H/c7-5-2-1-3-6(8)4-5;;/h1-2,4H;;/q-1;+1;/i;;1+1.